The highest BCUT2D eigenvalue weighted by atomic mass is 32.2. The molecule has 0 radical (unpaired) electrons. The maximum Gasteiger partial charge on any atom is 0.241 e. The van der Waals surface area contributed by atoms with Gasteiger partial charge in [-0.3, -0.25) is 0 Å². The predicted molar refractivity (Wildman–Crippen MR) is 77.7 cm³/mol. The molecule has 0 aromatic heterocycles. The van der Waals surface area contributed by atoms with E-state index in [2.05, 4.69) is 10.0 Å². The Morgan fingerprint density at radius 2 is 1.79 bits per heavy atom. The van der Waals surface area contributed by atoms with E-state index in [1.165, 1.54) is 0 Å². The van der Waals surface area contributed by atoms with Gasteiger partial charge in [-0.1, -0.05) is 36.4 Å². The van der Waals surface area contributed by atoms with E-state index in [-0.39, 0.29) is 6.04 Å². The van der Waals surface area contributed by atoms with Gasteiger partial charge in [-0.05, 0) is 25.4 Å². The van der Waals surface area contributed by atoms with Crippen LogP contribution in [0.1, 0.15) is 6.92 Å². The van der Waals surface area contributed by atoms with Gasteiger partial charge < -0.3 is 5.32 Å². The second kappa shape index (κ2) is 5.69. The largest absolute Gasteiger partial charge is 0.316 e. The van der Waals surface area contributed by atoms with Crippen LogP contribution in [-0.4, -0.2) is 28.1 Å². The number of hydrogen-bond acceptors (Lipinski definition) is 3. The lowest BCUT2D eigenvalue weighted by atomic mass is 10.1. The highest BCUT2D eigenvalue weighted by Crippen LogP contribution is 2.22. The van der Waals surface area contributed by atoms with Crippen molar-refractivity contribution in [2.24, 2.45) is 0 Å². The molecule has 0 spiro atoms. The second-order valence-corrected chi connectivity index (χ2v) is 6.25. The monoisotopic (exact) mass is 278 g/mol. The second-order valence-electron chi connectivity index (χ2n) is 4.52. The maximum atomic E-state index is 12.3. The van der Waals surface area contributed by atoms with Gasteiger partial charge in [0.05, 0.1) is 4.90 Å². The minimum absolute atomic E-state index is 0.0877. The van der Waals surface area contributed by atoms with Crippen molar-refractivity contribution < 1.29 is 8.42 Å². The molecule has 0 fully saturated rings. The van der Waals surface area contributed by atoms with Crippen molar-refractivity contribution >= 4 is 20.8 Å². The third kappa shape index (κ3) is 3.12. The Morgan fingerprint density at radius 1 is 1.11 bits per heavy atom. The Balaban J connectivity index is 2.38. The standard InChI is InChI=1S/C14H18N2O2S/c1-11(15-2)10-16-19(17,18)14-9-5-7-12-6-3-4-8-13(12)14/h3-9,11,15-16H,10H2,1-2H3. The van der Waals surface area contributed by atoms with Crippen LogP contribution < -0.4 is 10.0 Å². The molecule has 0 saturated carbocycles. The van der Waals surface area contributed by atoms with E-state index in [0.717, 1.165) is 10.8 Å². The molecule has 5 heteroatoms. The first kappa shape index (κ1) is 14.0. The zero-order chi connectivity index (χ0) is 13.9. The molecule has 4 nitrogen and oxygen atoms in total. The van der Waals surface area contributed by atoms with Crippen molar-refractivity contribution in [1.82, 2.24) is 10.0 Å². The lowest BCUT2D eigenvalue weighted by Gasteiger charge is -2.13. The molecular weight excluding hydrogens is 260 g/mol. The maximum absolute atomic E-state index is 12.3. The Morgan fingerprint density at radius 3 is 2.53 bits per heavy atom. The number of sulfonamides is 1. The highest BCUT2D eigenvalue weighted by Gasteiger charge is 2.17. The Bertz CT molecular complexity index is 663. The Labute approximate surface area is 113 Å². The Kier molecular flexibility index (Phi) is 4.19. The smallest absolute Gasteiger partial charge is 0.241 e. The van der Waals surface area contributed by atoms with Crippen molar-refractivity contribution in [2.75, 3.05) is 13.6 Å². The van der Waals surface area contributed by atoms with Crippen LogP contribution in [0.3, 0.4) is 0 Å². The van der Waals surface area contributed by atoms with Gasteiger partial charge >= 0.3 is 0 Å². The van der Waals surface area contributed by atoms with Gasteiger partial charge in [0.15, 0.2) is 0 Å². The van der Waals surface area contributed by atoms with E-state index < -0.39 is 10.0 Å². The summed E-state index contributed by atoms with van der Waals surface area (Å²) in [6.45, 7) is 2.29. The molecule has 0 aliphatic rings. The molecule has 2 aromatic carbocycles. The third-order valence-corrected chi connectivity index (χ3v) is 4.59. The van der Waals surface area contributed by atoms with Crippen molar-refractivity contribution in [1.29, 1.82) is 0 Å². The van der Waals surface area contributed by atoms with Crippen LogP contribution in [0.4, 0.5) is 0 Å². The highest BCUT2D eigenvalue weighted by molar-refractivity contribution is 7.89. The zero-order valence-electron chi connectivity index (χ0n) is 11.1. The quantitative estimate of drug-likeness (QED) is 0.875. The summed E-state index contributed by atoms with van der Waals surface area (Å²) >= 11 is 0. The summed E-state index contributed by atoms with van der Waals surface area (Å²) in [4.78, 5) is 0.328. The zero-order valence-corrected chi connectivity index (χ0v) is 11.9. The van der Waals surface area contributed by atoms with Crippen molar-refractivity contribution in [3.05, 3.63) is 42.5 Å². The molecule has 2 rings (SSSR count). The predicted octanol–water partition coefficient (Wildman–Crippen LogP) is 1.73. The molecule has 1 unspecified atom stereocenters. The summed E-state index contributed by atoms with van der Waals surface area (Å²) in [7, 11) is -1.68. The summed E-state index contributed by atoms with van der Waals surface area (Å²) in [6, 6.07) is 12.9. The minimum atomic E-state index is -3.48. The fourth-order valence-electron chi connectivity index (χ4n) is 1.84. The van der Waals surface area contributed by atoms with Gasteiger partial charge in [-0.2, -0.15) is 0 Å². The molecule has 19 heavy (non-hydrogen) atoms. The number of benzene rings is 2. The van der Waals surface area contributed by atoms with E-state index in [4.69, 9.17) is 0 Å². The SMILES string of the molecule is CNC(C)CNS(=O)(=O)c1cccc2ccccc12. The third-order valence-electron chi connectivity index (χ3n) is 3.11. The average molecular weight is 278 g/mol. The summed E-state index contributed by atoms with van der Waals surface area (Å²) in [5.74, 6) is 0. The number of nitrogens with one attached hydrogen (secondary N) is 2. The number of fused-ring (bicyclic) bond motifs is 1. The molecule has 102 valence electrons. The molecule has 0 bridgehead atoms. The van der Waals surface area contributed by atoms with Gasteiger partial charge in [0, 0.05) is 18.0 Å². The van der Waals surface area contributed by atoms with E-state index in [9.17, 15) is 8.42 Å². The number of likely N-dealkylation sites (N-methyl/N-ethyl adjacent to an activating group) is 1. The first-order valence-corrected chi connectivity index (χ1v) is 7.67. The lowest BCUT2D eigenvalue weighted by molar-refractivity contribution is 0.555. The molecule has 0 aliphatic carbocycles. The van der Waals surface area contributed by atoms with Gasteiger partial charge in [0.1, 0.15) is 0 Å². The normalized spacial score (nSPS) is 13.6. The van der Waals surface area contributed by atoms with Crippen LogP contribution in [-0.2, 0) is 10.0 Å². The van der Waals surface area contributed by atoms with Crippen molar-refractivity contribution in [3.63, 3.8) is 0 Å². The van der Waals surface area contributed by atoms with Gasteiger partial charge in [0.25, 0.3) is 0 Å². The van der Waals surface area contributed by atoms with E-state index in [0.29, 0.717) is 11.4 Å². The van der Waals surface area contributed by atoms with Crippen LogP contribution in [0, 0.1) is 0 Å². The topological polar surface area (TPSA) is 58.2 Å². The first-order valence-electron chi connectivity index (χ1n) is 6.19. The van der Waals surface area contributed by atoms with E-state index in [1.807, 2.05) is 37.3 Å². The van der Waals surface area contributed by atoms with Gasteiger partial charge in [0.2, 0.25) is 10.0 Å². The fourth-order valence-corrected chi connectivity index (χ4v) is 3.20. The molecule has 2 N–H and O–H groups in total. The van der Waals surface area contributed by atoms with Crippen molar-refractivity contribution in [3.8, 4) is 0 Å². The summed E-state index contributed by atoms with van der Waals surface area (Å²) in [5, 5.41) is 4.67. The first-order chi connectivity index (χ1) is 9.04. The van der Waals surface area contributed by atoms with Crippen LogP contribution >= 0.6 is 0 Å². The minimum Gasteiger partial charge on any atom is -0.316 e. The molecule has 0 saturated heterocycles. The van der Waals surface area contributed by atoms with Crippen LogP contribution in [0.25, 0.3) is 10.8 Å². The van der Waals surface area contributed by atoms with Crippen LogP contribution in [0.5, 0.6) is 0 Å². The van der Waals surface area contributed by atoms with E-state index in [1.54, 1.807) is 19.2 Å². The fraction of sp³-hybridized carbons (Fsp3) is 0.286. The molecule has 1 atom stereocenters. The summed E-state index contributed by atoms with van der Waals surface area (Å²) in [6.07, 6.45) is 0. The molecule has 0 amide bonds. The lowest BCUT2D eigenvalue weighted by Crippen LogP contribution is -2.37. The molecule has 0 heterocycles. The number of rotatable bonds is 5. The van der Waals surface area contributed by atoms with Crippen LogP contribution in [0.2, 0.25) is 0 Å². The number of hydrogen-bond donors (Lipinski definition) is 2. The van der Waals surface area contributed by atoms with E-state index >= 15 is 0 Å². The summed E-state index contributed by atoms with van der Waals surface area (Å²) < 4.78 is 27.3. The van der Waals surface area contributed by atoms with Gasteiger partial charge in [-0.25, -0.2) is 13.1 Å². The molecule has 0 aliphatic heterocycles. The molecule has 2 aromatic rings. The molecular formula is C14H18N2O2S. The Hall–Kier alpha value is -1.43. The van der Waals surface area contributed by atoms with Crippen LogP contribution in [0.15, 0.2) is 47.4 Å². The van der Waals surface area contributed by atoms with Crippen molar-refractivity contribution in [2.45, 2.75) is 17.9 Å². The van der Waals surface area contributed by atoms with Gasteiger partial charge in [-0.15, -0.1) is 0 Å². The average Bonchev–Trinajstić information content (AvgIpc) is 2.44. The summed E-state index contributed by atoms with van der Waals surface area (Å²) in [5.41, 5.74) is 0.